The fraction of sp³-hybridized carbons (Fsp3) is 0.917. The molecule has 0 aliphatic carbocycles. The smallest absolute Gasteiger partial charge is 0.225 e. The first-order valence-electron chi connectivity index (χ1n) is 5.78. The van der Waals surface area contributed by atoms with Gasteiger partial charge in [0.1, 0.15) is 0 Å². The molecule has 4 heteroatoms. The normalized spacial score (nSPS) is 11.9. The fourth-order valence-electron chi connectivity index (χ4n) is 1.16. The van der Waals surface area contributed by atoms with Crippen LogP contribution in [-0.2, 0) is 4.79 Å². The van der Waals surface area contributed by atoms with Crippen LogP contribution in [0.2, 0.25) is 0 Å². The average molecular weight is 251 g/mol. The van der Waals surface area contributed by atoms with Crippen molar-refractivity contribution in [1.29, 1.82) is 0 Å². The van der Waals surface area contributed by atoms with Crippen LogP contribution in [0.3, 0.4) is 0 Å². The Labute approximate surface area is 107 Å². The average Bonchev–Trinajstić information content (AvgIpc) is 2.10. The Bertz CT molecular complexity index is 210. The Balaban J connectivity index is 0. The van der Waals surface area contributed by atoms with Crippen molar-refractivity contribution in [3.63, 3.8) is 0 Å². The molecule has 16 heavy (non-hydrogen) atoms. The first-order chi connectivity index (χ1) is 6.69. The van der Waals surface area contributed by atoms with E-state index in [0.717, 1.165) is 30.4 Å². The lowest BCUT2D eigenvalue weighted by Crippen LogP contribution is -3.00. The molecule has 0 atom stereocenters. The van der Waals surface area contributed by atoms with Crippen molar-refractivity contribution in [3.05, 3.63) is 0 Å². The van der Waals surface area contributed by atoms with Crippen molar-refractivity contribution in [1.82, 2.24) is 5.32 Å². The number of quaternary nitrogens is 1. The molecule has 0 saturated carbocycles. The van der Waals surface area contributed by atoms with Crippen molar-refractivity contribution >= 4 is 5.91 Å². The van der Waals surface area contributed by atoms with Gasteiger partial charge in [0.05, 0.1) is 27.7 Å². The summed E-state index contributed by atoms with van der Waals surface area (Å²) in [6.45, 7) is 7.90. The van der Waals surface area contributed by atoms with Gasteiger partial charge in [-0.1, -0.05) is 20.8 Å². The molecule has 0 aliphatic rings. The largest absolute Gasteiger partial charge is 1.00 e. The van der Waals surface area contributed by atoms with E-state index >= 15 is 0 Å². The Hall–Kier alpha value is -0.280. The van der Waals surface area contributed by atoms with E-state index in [1.165, 1.54) is 0 Å². The minimum Gasteiger partial charge on any atom is -1.00 e. The lowest BCUT2D eigenvalue weighted by Gasteiger charge is -2.25. The Morgan fingerprint density at radius 2 is 1.75 bits per heavy atom. The maximum Gasteiger partial charge on any atom is 0.225 e. The summed E-state index contributed by atoms with van der Waals surface area (Å²) in [6, 6.07) is 0. The van der Waals surface area contributed by atoms with Crippen molar-refractivity contribution in [2.45, 2.75) is 33.6 Å². The molecule has 0 heterocycles. The molecule has 0 aromatic rings. The molecule has 0 aromatic heterocycles. The first-order valence-corrected chi connectivity index (χ1v) is 5.78. The van der Waals surface area contributed by atoms with Crippen molar-refractivity contribution < 1.29 is 21.7 Å². The van der Waals surface area contributed by atoms with Gasteiger partial charge in [0, 0.05) is 18.4 Å². The van der Waals surface area contributed by atoms with E-state index in [4.69, 9.17) is 0 Å². The molecule has 0 saturated heterocycles. The third kappa shape index (κ3) is 7.94. The van der Waals surface area contributed by atoms with Crippen LogP contribution < -0.4 is 17.7 Å². The number of rotatable bonds is 6. The van der Waals surface area contributed by atoms with Gasteiger partial charge in [-0.3, -0.25) is 4.79 Å². The van der Waals surface area contributed by atoms with Gasteiger partial charge < -0.3 is 22.2 Å². The van der Waals surface area contributed by atoms with Crippen LogP contribution in [0, 0.1) is 5.41 Å². The van der Waals surface area contributed by atoms with Gasteiger partial charge in [0.15, 0.2) is 0 Å². The van der Waals surface area contributed by atoms with Gasteiger partial charge in [-0.25, -0.2) is 0 Å². The summed E-state index contributed by atoms with van der Waals surface area (Å²) in [7, 11) is 6.49. The number of amides is 1. The molecule has 1 amide bonds. The molecule has 0 unspecified atom stereocenters. The zero-order chi connectivity index (χ0) is 12.1. The Morgan fingerprint density at radius 1 is 1.25 bits per heavy atom. The number of halogens is 1. The number of carbonyl (C=O) groups excluding carboxylic acids is 1. The van der Waals surface area contributed by atoms with E-state index in [1.54, 1.807) is 0 Å². The second-order valence-electron chi connectivity index (χ2n) is 5.86. The molecule has 0 rings (SSSR count). The minimum atomic E-state index is -0.226. The summed E-state index contributed by atoms with van der Waals surface area (Å²) in [4.78, 5) is 11.7. The molecule has 0 aromatic carbocycles. The van der Waals surface area contributed by atoms with Crippen LogP contribution in [-0.4, -0.2) is 44.6 Å². The lowest BCUT2D eigenvalue weighted by molar-refractivity contribution is -0.870. The van der Waals surface area contributed by atoms with Gasteiger partial charge in [-0.05, 0) is 6.42 Å². The highest BCUT2D eigenvalue weighted by Crippen LogP contribution is 2.19. The van der Waals surface area contributed by atoms with Crippen molar-refractivity contribution in [2.24, 2.45) is 5.41 Å². The third-order valence-corrected chi connectivity index (χ3v) is 2.79. The summed E-state index contributed by atoms with van der Waals surface area (Å²) < 4.78 is 0.951. The van der Waals surface area contributed by atoms with Gasteiger partial charge in [0.2, 0.25) is 5.91 Å². The van der Waals surface area contributed by atoms with Crippen LogP contribution >= 0.6 is 0 Å². The topological polar surface area (TPSA) is 29.1 Å². The van der Waals surface area contributed by atoms with E-state index in [0.29, 0.717) is 0 Å². The van der Waals surface area contributed by atoms with Crippen LogP contribution in [0.5, 0.6) is 0 Å². The number of nitrogens with zero attached hydrogens (tertiary/aromatic N) is 1. The predicted octanol–water partition coefficient (Wildman–Crippen LogP) is -1.36. The molecule has 3 nitrogen and oxygen atoms in total. The highest BCUT2D eigenvalue weighted by molar-refractivity contribution is 5.81. The summed E-state index contributed by atoms with van der Waals surface area (Å²) in [5.41, 5.74) is -0.226. The van der Waals surface area contributed by atoms with Gasteiger partial charge in [-0.15, -0.1) is 0 Å². The van der Waals surface area contributed by atoms with Crippen molar-refractivity contribution in [3.8, 4) is 0 Å². The molecular weight excluding hydrogens is 224 g/mol. The molecule has 0 spiro atoms. The van der Waals surface area contributed by atoms with Crippen LogP contribution in [0.25, 0.3) is 0 Å². The van der Waals surface area contributed by atoms with Crippen LogP contribution in [0.1, 0.15) is 33.6 Å². The number of hydrogen-bond acceptors (Lipinski definition) is 1. The number of hydrogen-bond donors (Lipinski definition) is 1. The molecule has 0 bridgehead atoms. The fourth-order valence-corrected chi connectivity index (χ4v) is 1.16. The zero-order valence-electron chi connectivity index (χ0n) is 11.6. The predicted molar refractivity (Wildman–Crippen MR) is 64.6 cm³/mol. The molecular formula is C12H27ClN2O. The second-order valence-corrected chi connectivity index (χ2v) is 5.86. The van der Waals surface area contributed by atoms with E-state index < -0.39 is 0 Å². The van der Waals surface area contributed by atoms with E-state index in [-0.39, 0.29) is 23.7 Å². The SMILES string of the molecule is CCC(C)(C)C(=O)NCCC[N+](C)(C)C.[Cl-]. The Morgan fingerprint density at radius 3 is 2.12 bits per heavy atom. The molecule has 98 valence electrons. The summed E-state index contributed by atoms with van der Waals surface area (Å²) in [5, 5.41) is 3.00. The standard InChI is InChI=1S/C12H26N2O.ClH/c1-7-12(2,3)11(15)13-9-8-10-14(4,5)6;/h7-10H2,1-6H3;1H. The van der Waals surface area contributed by atoms with E-state index in [1.807, 2.05) is 20.8 Å². The van der Waals surface area contributed by atoms with E-state index in [9.17, 15) is 4.79 Å². The minimum absolute atomic E-state index is 0. The quantitative estimate of drug-likeness (QED) is 0.458. The summed E-state index contributed by atoms with van der Waals surface area (Å²) in [6.07, 6.45) is 1.92. The maximum absolute atomic E-state index is 11.7. The van der Waals surface area contributed by atoms with Crippen LogP contribution in [0.4, 0.5) is 0 Å². The molecule has 0 fully saturated rings. The highest BCUT2D eigenvalue weighted by atomic mass is 35.5. The third-order valence-electron chi connectivity index (χ3n) is 2.79. The van der Waals surface area contributed by atoms with Gasteiger partial charge in [0.25, 0.3) is 0 Å². The Kier molecular flexibility index (Phi) is 8.06. The molecule has 0 radical (unpaired) electrons. The molecule has 0 aliphatic heterocycles. The summed E-state index contributed by atoms with van der Waals surface area (Å²) >= 11 is 0. The first kappa shape index (κ1) is 18.1. The van der Waals surface area contributed by atoms with Crippen molar-refractivity contribution in [2.75, 3.05) is 34.2 Å². The molecule has 1 N–H and O–H groups in total. The number of nitrogens with one attached hydrogen (secondary N) is 1. The zero-order valence-corrected chi connectivity index (χ0v) is 12.3. The van der Waals surface area contributed by atoms with E-state index in [2.05, 4.69) is 26.5 Å². The van der Waals surface area contributed by atoms with Gasteiger partial charge in [-0.2, -0.15) is 0 Å². The highest BCUT2D eigenvalue weighted by Gasteiger charge is 2.24. The maximum atomic E-state index is 11.7. The monoisotopic (exact) mass is 250 g/mol. The lowest BCUT2D eigenvalue weighted by atomic mass is 9.89. The number of carbonyl (C=O) groups is 1. The summed E-state index contributed by atoms with van der Waals surface area (Å²) in [5.74, 6) is 0.173. The second kappa shape index (κ2) is 7.13. The van der Waals surface area contributed by atoms with Crippen LogP contribution in [0.15, 0.2) is 0 Å². The van der Waals surface area contributed by atoms with Gasteiger partial charge >= 0.3 is 0 Å².